The number of amides is 1. The maximum Gasteiger partial charge on any atom is 0.274 e. The lowest BCUT2D eigenvalue weighted by atomic mass is 9.91. The minimum absolute atomic E-state index is 0.107. The van der Waals surface area contributed by atoms with Crippen LogP contribution >= 0.6 is 11.3 Å². The van der Waals surface area contributed by atoms with E-state index in [0.717, 1.165) is 44.6 Å². The Labute approximate surface area is 209 Å². The average molecular weight is 484 g/mol. The van der Waals surface area contributed by atoms with Crippen LogP contribution in [0.2, 0.25) is 0 Å². The Kier molecular flexibility index (Phi) is 6.00. The van der Waals surface area contributed by atoms with Gasteiger partial charge in [-0.15, -0.1) is 11.3 Å². The van der Waals surface area contributed by atoms with Crippen molar-refractivity contribution in [3.8, 4) is 0 Å². The van der Waals surface area contributed by atoms with E-state index >= 15 is 0 Å². The van der Waals surface area contributed by atoms with Gasteiger partial charge in [0, 0.05) is 48.5 Å². The van der Waals surface area contributed by atoms with Gasteiger partial charge < -0.3 is 14.8 Å². The van der Waals surface area contributed by atoms with Crippen LogP contribution in [0.1, 0.15) is 53.0 Å². The predicted molar refractivity (Wildman–Crippen MR) is 143 cm³/mol. The number of hydrogen-bond acceptors (Lipinski definition) is 5. The molecule has 4 aromatic rings. The number of anilines is 3. The van der Waals surface area contributed by atoms with Crippen molar-refractivity contribution in [3.63, 3.8) is 0 Å². The molecule has 2 N–H and O–H groups in total. The van der Waals surface area contributed by atoms with E-state index in [2.05, 4.69) is 74.0 Å². The summed E-state index contributed by atoms with van der Waals surface area (Å²) in [6.07, 6.45) is 5.27. The maximum atomic E-state index is 13.2. The zero-order valence-electron chi connectivity index (χ0n) is 19.6. The molecule has 2 aliphatic heterocycles. The summed E-state index contributed by atoms with van der Waals surface area (Å²) in [7, 11) is 0. The van der Waals surface area contributed by atoms with Gasteiger partial charge in [0.25, 0.3) is 5.91 Å². The highest BCUT2D eigenvalue weighted by molar-refractivity contribution is 7.14. The molecule has 0 aliphatic carbocycles. The van der Waals surface area contributed by atoms with E-state index in [4.69, 9.17) is 4.98 Å². The molecule has 1 fully saturated rings. The van der Waals surface area contributed by atoms with Crippen molar-refractivity contribution in [2.75, 3.05) is 28.6 Å². The predicted octanol–water partition coefficient (Wildman–Crippen LogP) is 6.14. The fourth-order valence-corrected chi connectivity index (χ4v) is 6.17. The van der Waals surface area contributed by atoms with Gasteiger partial charge in [-0.2, -0.15) is 0 Å². The fraction of sp³-hybridized carbons (Fsp3) is 0.286. The Morgan fingerprint density at radius 1 is 1.06 bits per heavy atom. The third-order valence-corrected chi connectivity index (χ3v) is 7.89. The van der Waals surface area contributed by atoms with E-state index in [1.165, 1.54) is 28.3 Å². The van der Waals surface area contributed by atoms with Crippen LogP contribution in [0.3, 0.4) is 0 Å². The number of thiazole rings is 1. The van der Waals surface area contributed by atoms with Crippen LogP contribution in [-0.2, 0) is 6.54 Å². The number of fused-ring (bicyclic) bond motifs is 1. The van der Waals surface area contributed by atoms with Gasteiger partial charge in [-0.1, -0.05) is 36.4 Å². The summed E-state index contributed by atoms with van der Waals surface area (Å²) in [5.41, 5.74) is 5.46. The first-order valence-corrected chi connectivity index (χ1v) is 13.2. The van der Waals surface area contributed by atoms with Gasteiger partial charge in [-0.3, -0.25) is 10.1 Å². The zero-order chi connectivity index (χ0) is 23.6. The number of nitrogens with zero attached hydrogens (tertiary/aromatic N) is 3. The molecule has 4 heterocycles. The molecule has 6 nitrogen and oxygen atoms in total. The molecule has 0 saturated carbocycles. The number of carbonyl (C=O) groups is 1. The highest BCUT2D eigenvalue weighted by Crippen LogP contribution is 2.37. The van der Waals surface area contributed by atoms with Crippen molar-refractivity contribution < 1.29 is 4.79 Å². The second kappa shape index (κ2) is 9.58. The Hall–Kier alpha value is -3.58. The monoisotopic (exact) mass is 483 g/mol. The smallest absolute Gasteiger partial charge is 0.274 e. The number of para-hydroxylation sites is 2. The molecule has 0 radical (unpaired) electrons. The second-order valence-corrected chi connectivity index (χ2v) is 10.1. The van der Waals surface area contributed by atoms with Crippen molar-refractivity contribution in [1.29, 1.82) is 0 Å². The molecule has 178 valence electrons. The molecule has 0 spiro atoms. The molecule has 35 heavy (non-hydrogen) atoms. The quantitative estimate of drug-likeness (QED) is 0.346. The standard InChI is InChI=1S/C28H29N5OS/c34-27(26-13-6-16-32(26)18-20-14-15-29-23-11-5-4-10-22(20)23)31-28-30-24(19-35-28)25-12-7-17-33(25)21-8-2-1-3-9-21/h1-6,8-11,13,16,19-20,25,29H,7,12,14-15,17-18H2,(H,30,31,34)/t20?,25-/m1/s1. The third-order valence-electron chi connectivity index (χ3n) is 7.11. The summed E-state index contributed by atoms with van der Waals surface area (Å²) in [5, 5.41) is 9.29. The average Bonchev–Trinajstić information content (AvgIpc) is 3.66. The van der Waals surface area contributed by atoms with Crippen LogP contribution in [0.25, 0.3) is 0 Å². The number of hydrogen-bond donors (Lipinski definition) is 2. The Bertz CT molecular complexity index is 1310. The number of rotatable bonds is 6. The molecular formula is C28H29N5OS. The van der Waals surface area contributed by atoms with Gasteiger partial charge in [0.2, 0.25) is 0 Å². The first kappa shape index (κ1) is 21.9. The first-order valence-electron chi connectivity index (χ1n) is 12.3. The summed E-state index contributed by atoms with van der Waals surface area (Å²) in [6, 6.07) is 23.1. The summed E-state index contributed by atoms with van der Waals surface area (Å²) in [5.74, 6) is 0.272. The molecule has 2 atom stereocenters. The highest BCUT2D eigenvalue weighted by atomic mass is 32.1. The van der Waals surface area contributed by atoms with Crippen molar-refractivity contribution in [3.05, 3.63) is 95.3 Å². The summed E-state index contributed by atoms with van der Waals surface area (Å²) in [4.78, 5) is 20.5. The van der Waals surface area contributed by atoms with Gasteiger partial charge in [0.15, 0.2) is 5.13 Å². The minimum atomic E-state index is -0.107. The number of nitrogens with one attached hydrogen (secondary N) is 2. The van der Waals surface area contributed by atoms with E-state index < -0.39 is 0 Å². The van der Waals surface area contributed by atoms with Gasteiger partial charge in [0.1, 0.15) is 5.69 Å². The van der Waals surface area contributed by atoms with Crippen LogP contribution in [0.5, 0.6) is 0 Å². The molecule has 0 bridgehead atoms. The summed E-state index contributed by atoms with van der Waals surface area (Å²) >= 11 is 1.50. The van der Waals surface area contributed by atoms with Crippen LogP contribution in [0.4, 0.5) is 16.5 Å². The van der Waals surface area contributed by atoms with Gasteiger partial charge in [-0.25, -0.2) is 4.98 Å². The van der Waals surface area contributed by atoms with E-state index in [9.17, 15) is 4.79 Å². The molecule has 1 unspecified atom stereocenters. The van der Waals surface area contributed by atoms with Crippen molar-refractivity contribution in [2.24, 2.45) is 0 Å². The highest BCUT2D eigenvalue weighted by Gasteiger charge is 2.28. The number of benzene rings is 2. The van der Waals surface area contributed by atoms with Gasteiger partial charge >= 0.3 is 0 Å². The van der Waals surface area contributed by atoms with Crippen molar-refractivity contribution in [2.45, 2.75) is 37.8 Å². The fourth-order valence-electron chi connectivity index (χ4n) is 5.42. The SMILES string of the molecule is O=C(Nc1nc([C@H]2CCCN2c2ccccc2)cs1)c1cccn1CC1CCNc2ccccc21. The Balaban J connectivity index is 1.16. The second-order valence-electron chi connectivity index (χ2n) is 9.26. The van der Waals surface area contributed by atoms with E-state index in [0.29, 0.717) is 16.7 Å². The maximum absolute atomic E-state index is 13.2. The Morgan fingerprint density at radius 2 is 1.91 bits per heavy atom. The minimum Gasteiger partial charge on any atom is -0.385 e. The molecule has 2 aliphatic rings. The number of carbonyl (C=O) groups excluding carboxylic acids is 1. The molecule has 7 heteroatoms. The molecule has 2 aromatic carbocycles. The summed E-state index contributed by atoms with van der Waals surface area (Å²) in [6.45, 7) is 2.76. The van der Waals surface area contributed by atoms with E-state index in [1.54, 1.807) is 0 Å². The van der Waals surface area contributed by atoms with Crippen LogP contribution in [0.15, 0.2) is 78.3 Å². The largest absolute Gasteiger partial charge is 0.385 e. The molecule has 6 rings (SSSR count). The van der Waals surface area contributed by atoms with Crippen molar-refractivity contribution in [1.82, 2.24) is 9.55 Å². The van der Waals surface area contributed by atoms with Crippen molar-refractivity contribution >= 4 is 33.8 Å². The summed E-state index contributed by atoms with van der Waals surface area (Å²) < 4.78 is 2.07. The topological polar surface area (TPSA) is 62.2 Å². The van der Waals surface area contributed by atoms with Gasteiger partial charge in [-0.05, 0) is 55.2 Å². The molecule has 1 amide bonds. The molecular weight excluding hydrogens is 454 g/mol. The lowest BCUT2D eigenvalue weighted by molar-refractivity contribution is 0.101. The van der Waals surface area contributed by atoms with E-state index in [-0.39, 0.29) is 11.9 Å². The Morgan fingerprint density at radius 3 is 2.83 bits per heavy atom. The normalized spacial score (nSPS) is 19.3. The molecule has 1 saturated heterocycles. The zero-order valence-corrected chi connectivity index (χ0v) is 20.4. The first-order chi connectivity index (χ1) is 17.3. The van der Waals surface area contributed by atoms with Crippen LogP contribution < -0.4 is 15.5 Å². The van der Waals surface area contributed by atoms with E-state index in [1.807, 2.05) is 24.4 Å². The van der Waals surface area contributed by atoms with Crippen LogP contribution in [0, 0.1) is 0 Å². The lowest BCUT2D eigenvalue weighted by Gasteiger charge is -2.27. The third kappa shape index (κ3) is 4.44. The van der Waals surface area contributed by atoms with Gasteiger partial charge in [0.05, 0.1) is 11.7 Å². The van der Waals surface area contributed by atoms with Crippen LogP contribution in [-0.4, -0.2) is 28.5 Å². The molecule has 2 aromatic heterocycles. The number of aromatic nitrogens is 2. The lowest BCUT2D eigenvalue weighted by Crippen LogP contribution is -2.23.